The Labute approximate surface area is 174 Å². The van der Waals surface area contributed by atoms with Crippen LogP contribution in [0.4, 0.5) is 0 Å². The van der Waals surface area contributed by atoms with Crippen LogP contribution in [0.5, 0.6) is 5.75 Å². The summed E-state index contributed by atoms with van der Waals surface area (Å²) in [6.45, 7) is 20.3. The first-order chi connectivity index (χ1) is 13.2. The molecule has 1 atom stereocenters. The molecule has 1 aromatic carbocycles. The number of benzene rings is 1. The average molecular weight is 385 g/mol. The Morgan fingerprint density at radius 1 is 1.07 bits per heavy atom. The number of hydrogen-bond donors (Lipinski definition) is 1. The van der Waals surface area contributed by atoms with Crippen molar-refractivity contribution in [1.29, 1.82) is 0 Å². The lowest BCUT2D eigenvalue weighted by Gasteiger charge is -2.38. The van der Waals surface area contributed by atoms with E-state index in [-0.39, 0.29) is 10.8 Å². The Kier molecular flexibility index (Phi) is 7.45. The summed E-state index contributed by atoms with van der Waals surface area (Å²) in [4.78, 5) is 0. The fourth-order valence-electron chi connectivity index (χ4n) is 5.83. The predicted molar refractivity (Wildman–Crippen MR) is 124 cm³/mol. The summed E-state index contributed by atoms with van der Waals surface area (Å²) in [5.74, 6) is 1.23. The molecule has 0 bridgehead atoms. The molecular weight excluding hydrogens is 340 g/mol. The summed E-state index contributed by atoms with van der Waals surface area (Å²) in [5.41, 5.74) is 6.47. The first-order valence-electron chi connectivity index (χ1n) is 11.8. The number of aromatic hydroxyl groups is 1. The van der Waals surface area contributed by atoms with E-state index in [0.717, 1.165) is 24.8 Å². The van der Waals surface area contributed by atoms with Crippen LogP contribution in [0.3, 0.4) is 0 Å². The van der Waals surface area contributed by atoms with Gasteiger partial charge in [0.25, 0.3) is 0 Å². The molecule has 1 unspecified atom stereocenters. The predicted octanol–water partition coefficient (Wildman–Crippen LogP) is 8.31. The number of hydrogen-bond acceptors (Lipinski definition) is 1. The van der Waals surface area contributed by atoms with E-state index in [9.17, 15) is 5.11 Å². The minimum Gasteiger partial charge on any atom is -0.507 e. The molecule has 1 heteroatoms. The molecule has 0 heterocycles. The Bertz CT molecular complexity index is 683. The maximum absolute atomic E-state index is 11.6. The number of fused-ring (bicyclic) bond motifs is 1. The molecule has 1 N–H and O–H groups in total. The van der Waals surface area contributed by atoms with Crippen molar-refractivity contribution < 1.29 is 5.11 Å². The van der Waals surface area contributed by atoms with Gasteiger partial charge in [-0.1, -0.05) is 80.7 Å². The van der Waals surface area contributed by atoms with E-state index in [0.29, 0.717) is 11.7 Å². The summed E-state index contributed by atoms with van der Waals surface area (Å²) in [6, 6.07) is 2.28. The number of allylic oxidation sites excluding steroid dienone is 1. The first-order valence-corrected chi connectivity index (χ1v) is 11.8. The fourth-order valence-corrected chi connectivity index (χ4v) is 5.83. The van der Waals surface area contributed by atoms with Crippen molar-refractivity contribution in [2.24, 2.45) is 5.92 Å². The van der Waals surface area contributed by atoms with Gasteiger partial charge in [0.15, 0.2) is 0 Å². The summed E-state index contributed by atoms with van der Waals surface area (Å²) in [7, 11) is 0. The van der Waals surface area contributed by atoms with E-state index in [1.165, 1.54) is 60.8 Å². The van der Waals surface area contributed by atoms with Crippen molar-refractivity contribution in [3.63, 3.8) is 0 Å². The monoisotopic (exact) mass is 384 g/mol. The van der Waals surface area contributed by atoms with Crippen molar-refractivity contribution in [1.82, 2.24) is 0 Å². The van der Waals surface area contributed by atoms with Crippen LogP contribution >= 0.6 is 0 Å². The molecule has 1 aliphatic carbocycles. The smallest absolute Gasteiger partial charge is 0.123 e. The standard InChI is InChI=1S/C27H44O/c1-9-13-19(5)21-18-23(26(6,7)8)25(28)24-22(21)17-20(14-10-2)27(24,15-11-3)16-12-4/h18,20,28H,5,9-17H2,1-4,6-8H3. The minimum atomic E-state index is -0.0760. The van der Waals surface area contributed by atoms with Gasteiger partial charge in [0.05, 0.1) is 0 Å². The van der Waals surface area contributed by atoms with Gasteiger partial charge in [0.2, 0.25) is 0 Å². The Balaban J connectivity index is 2.85. The third kappa shape index (κ3) is 4.05. The van der Waals surface area contributed by atoms with E-state index >= 15 is 0 Å². The van der Waals surface area contributed by atoms with Gasteiger partial charge in [0.1, 0.15) is 5.75 Å². The number of phenols is 1. The molecule has 1 aromatic rings. The molecule has 0 spiro atoms. The lowest BCUT2D eigenvalue weighted by atomic mass is 9.66. The first kappa shape index (κ1) is 23.0. The molecule has 0 saturated carbocycles. The number of phenolic OH excluding ortho intramolecular Hbond substituents is 1. The van der Waals surface area contributed by atoms with Gasteiger partial charge in [-0.3, -0.25) is 0 Å². The fraction of sp³-hybridized carbons (Fsp3) is 0.704. The highest BCUT2D eigenvalue weighted by Crippen LogP contribution is 2.57. The van der Waals surface area contributed by atoms with Crippen molar-refractivity contribution in [2.75, 3.05) is 0 Å². The van der Waals surface area contributed by atoms with Gasteiger partial charge in [-0.25, -0.2) is 0 Å². The van der Waals surface area contributed by atoms with Crippen molar-refractivity contribution >= 4 is 5.57 Å². The van der Waals surface area contributed by atoms with Crippen molar-refractivity contribution in [3.8, 4) is 5.75 Å². The Morgan fingerprint density at radius 3 is 2.14 bits per heavy atom. The molecule has 158 valence electrons. The van der Waals surface area contributed by atoms with Gasteiger partial charge in [-0.05, 0) is 66.2 Å². The highest BCUT2D eigenvalue weighted by Gasteiger charge is 2.48. The second-order valence-corrected chi connectivity index (χ2v) is 10.1. The molecule has 0 saturated heterocycles. The summed E-state index contributed by atoms with van der Waals surface area (Å²) >= 11 is 0. The zero-order valence-corrected chi connectivity index (χ0v) is 19.7. The van der Waals surface area contributed by atoms with Gasteiger partial charge >= 0.3 is 0 Å². The molecule has 28 heavy (non-hydrogen) atoms. The van der Waals surface area contributed by atoms with Crippen LogP contribution in [0.2, 0.25) is 0 Å². The zero-order valence-electron chi connectivity index (χ0n) is 19.7. The maximum Gasteiger partial charge on any atom is 0.123 e. The van der Waals surface area contributed by atoms with Crippen molar-refractivity contribution in [2.45, 2.75) is 117 Å². The molecule has 0 amide bonds. The molecule has 1 nitrogen and oxygen atoms in total. The van der Waals surface area contributed by atoms with Gasteiger partial charge in [-0.15, -0.1) is 0 Å². The van der Waals surface area contributed by atoms with Crippen LogP contribution in [-0.2, 0) is 17.3 Å². The molecule has 0 aromatic heterocycles. The van der Waals surface area contributed by atoms with E-state index in [2.05, 4.69) is 61.1 Å². The van der Waals surface area contributed by atoms with Gasteiger partial charge in [-0.2, -0.15) is 0 Å². The maximum atomic E-state index is 11.6. The molecular formula is C27H44O. The molecule has 2 rings (SSSR count). The van der Waals surface area contributed by atoms with E-state index in [1.807, 2.05) is 0 Å². The third-order valence-corrected chi connectivity index (χ3v) is 6.91. The lowest BCUT2D eigenvalue weighted by Crippen LogP contribution is -2.32. The van der Waals surface area contributed by atoms with Crippen LogP contribution in [-0.4, -0.2) is 5.11 Å². The second kappa shape index (κ2) is 9.06. The molecule has 0 radical (unpaired) electrons. The minimum absolute atomic E-state index is 0.0760. The van der Waals surface area contributed by atoms with Crippen LogP contribution < -0.4 is 0 Å². The largest absolute Gasteiger partial charge is 0.507 e. The summed E-state index contributed by atoms with van der Waals surface area (Å²) in [6.07, 6.45) is 10.4. The quantitative estimate of drug-likeness (QED) is 0.454. The topological polar surface area (TPSA) is 20.2 Å². The molecule has 0 aliphatic heterocycles. The molecule has 0 fully saturated rings. The number of rotatable bonds is 9. The van der Waals surface area contributed by atoms with Crippen LogP contribution in [0, 0.1) is 5.92 Å². The third-order valence-electron chi connectivity index (χ3n) is 6.91. The highest BCUT2D eigenvalue weighted by atomic mass is 16.3. The average Bonchev–Trinajstić information content (AvgIpc) is 2.90. The summed E-state index contributed by atoms with van der Waals surface area (Å²) < 4.78 is 0. The van der Waals surface area contributed by atoms with Crippen LogP contribution in [0.15, 0.2) is 12.6 Å². The summed E-state index contributed by atoms with van der Waals surface area (Å²) in [5, 5.41) is 11.6. The van der Waals surface area contributed by atoms with Gasteiger partial charge in [0, 0.05) is 16.5 Å². The highest BCUT2D eigenvalue weighted by molar-refractivity contribution is 5.73. The molecule has 1 aliphatic rings. The van der Waals surface area contributed by atoms with E-state index in [4.69, 9.17) is 0 Å². The Morgan fingerprint density at radius 2 is 1.68 bits per heavy atom. The second-order valence-electron chi connectivity index (χ2n) is 10.1. The van der Waals surface area contributed by atoms with Crippen LogP contribution in [0.25, 0.3) is 5.57 Å². The SMILES string of the molecule is C=C(CCC)c1cc(C(C)(C)C)c(O)c2c1CC(CCC)C2(CCC)CCC. The van der Waals surface area contributed by atoms with Crippen molar-refractivity contribution in [3.05, 3.63) is 34.9 Å². The normalized spacial score (nSPS) is 18.3. The van der Waals surface area contributed by atoms with Crippen LogP contribution in [0.1, 0.15) is 122 Å². The zero-order chi connectivity index (χ0) is 21.1. The van der Waals surface area contributed by atoms with E-state index in [1.54, 1.807) is 0 Å². The van der Waals surface area contributed by atoms with Gasteiger partial charge < -0.3 is 5.11 Å². The lowest BCUT2D eigenvalue weighted by molar-refractivity contribution is 0.228. The Hall–Kier alpha value is -1.24. The van der Waals surface area contributed by atoms with E-state index < -0.39 is 0 Å².